The van der Waals surface area contributed by atoms with Gasteiger partial charge in [-0.2, -0.15) is 0 Å². The van der Waals surface area contributed by atoms with E-state index in [0.717, 1.165) is 42.0 Å². The van der Waals surface area contributed by atoms with Crippen LogP contribution in [0.25, 0.3) is 0 Å². The second kappa shape index (κ2) is 6.77. The molecule has 1 fully saturated rings. The van der Waals surface area contributed by atoms with E-state index in [1.165, 1.54) is 0 Å². The van der Waals surface area contributed by atoms with Crippen molar-refractivity contribution in [1.82, 2.24) is 4.90 Å². The number of halogens is 1. The molecule has 19 heavy (non-hydrogen) atoms. The van der Waals surface area contributed by atoms with Crippen LogP contribution < -0.4 is 0 Å². The molecule has 0 N–H and O–H groups in total. The van der Waals surface area contributed by atoms with Crippen molar-refractivity contribution in [3.63, 3.8) is 0 Å². The van der Waals surface area contributed by atoms with Gasteiger partial charge in [-0.05, 0) is 52.9 Å². The molecule has 1 atom stereocenters. The zero-order valence-electron chi connectivity index (χ0n) is 10.9. The first-order valence-electron chi connectivity index (χ1n) is 6.39. The Morgan fingerprint density at radius 1 is 1.58 bits per heavy atom. The van der Waals surface area contributed by atoms with Gasteiger partial charge in [0.15, 0.2) is 0 Å². The first-order valence-corrected chi connectivity index (χ1v) is 7.63. The van der Waals surface area contributed by atoms with Crippen molar-refractivity contribution < 1.29 is 9.53 Å². The summed E-state index contributed by atoms with van der Waals surface area (Å²) in [6, 6.07) is 5.51. The van der Waals surface area contributed by atoms with Gasteiger partial charge in [-0.15, -0.1) is 12.6 Å². The minimum absolute atomic E-state index is 0.0216. The maximum absolute atomic E-state index is 12.4. The third-order valence-electron chi connectivity index (χ3n) is 3.31. The number of benzene rings is 1. The predicted octanol–water partition coefficient (Wildman–Crippen LogP) is 3.24. The van der Waals surface area contributed by atoms with Crippen LogP contribution in [0.1, 0.15) is 23.2 Å². The molecular weight excluding hydrogens is 326 g/mol. The monoisotopic (exact) mass is 343 g/mol. The second-order valence-corrected chi connectivity index (χ2v) is 6.30. The summed E-state index contributed by atoms with van der Waals surface area (Å²) in [6.45, 7) is 2.34. The Balaban J connectivity index is 2.03. The molecule has 1 saturated heterocycles. The molecular formula is C14H18BrNO2S. The molecule has 5 heteroatoms. The van der Waals surface area contributed by atoms with Gasteiger partial charge in [0.05, 0.1) is 12.2 Å². The molecule has 1 aliphatic heterocycles. The van der Waals surface area contributed by atoms with Gasteiger partial charge >= 0.3 is 0 Å². The fraction of sp³-hybridized carbons (Fsp3) is 0.500. The highest BCUT2D eigenvalue weighted by molar-refractivity contribution is 9.10. The van der Waals surface area contributed by atoms with Crippen LogP contribution in [0.2, 0.25) is 0 Å². The van der Waals surface area contributed by atoms with Crippen LogP contribution in [0.15, 0.2) is 27.6 Å². The first kappa shape index (κ1) is 14.9. The summed E-state index contributed by atoms with van der Waals surface area (Å²) in [6.07, 6.45) is 2.22. The summed E-state index contributed by atoms with van der Waals surface area (Å²) in [5.74, 6) is 0.467. The van der Waals surface area contributed by atoms with Gasteiger partial charge < -0.3 is 9.64 Å². The van der Waals surface area contributed by atoms with Crippen LogP contribution in [-0.4, -0.2) is 37.6 Å². The van der Waals surface area contributed by atoms with E-state index in [1.807, 2.05) is 19.2 Å². The van der Waals surface area contributed by atoms with E-state index < -0.39 is 0 Å². The molecule has 1 aromatic rings. The Morgan fingerprint density at radius 3 is 3.05 bits per heavy atom. The standard InChI is InChI=1S/C14H18BrNO2S/c1-16(8-10-3-2-6-18-9-10)14(17)12-7-11(19)4-5-13(12)15/h4-5,7,10,19H,2-3,6,8-9H2,1H3. The Hall–Kier alpha value is -0.520. The van der Waals surface area contributed by atoms with E-state index in [2.05, 4.69) is 28.6 Å². The molecule has 1 unspecified atom stereocenters. The van der Waals surface area contributed by atoms with Gasteiger partial charge in [0.25, 0.3) is 5.91 Å². The van der Waals surface area contributed by atoms with E-state index in [-0.39, 0.29) is 5.91 Å². The van der Waals surface area contributed by atoms with E-state index in [4.69, 9.17) is 4.74 Å². The molecule has 0 aliphatic carbocycles. The Kier molecular flexibility index (Phi) is 5.30. The number of thiol groups is 1. The maximum Gasteiger partial charge on any atom is 0.254 e. The fourth-order valence-corrected chi connectivity index (χ4v) is 2.92. The Morgan fingerprint density at radius 2 is 2.37 bits per heavy atom. The van der Waals surface area contributed by atoms with Crippen molar-refractivity contribution in [1.29, 1.82) is 0 Å². The molecule has 104 valence electrons. The van der Waals surface area contributed by atoms with Crippen molar-refractivity contribution in [2.24, 2.45) is 5.92 Å². The lowest BCUT2D eigenvalue weighted by Gasteiger charge is -2.27. The number of hydrogen-bond acceptors (Lipinski definition) is 3. The molecule has 0 radical (unpaired) electrons. The van der Waals surface area contributed by atoms with E-state index in [9.17, 15) is 4.79 Å². The van der Waals surface area contributed by atoms with Crippen LogP contribution in [0.4, 0.5) is 0 Å². The summed E-state index contributed by atoms with van der Waals surface area (Å²) in [4.78, 5) is 15.0. The average Bonchev–Trinajstić information content (AvgIpc) is 2.42. The van der Waals surface area contributed by atoms with Crippen molar-refractivity contribution in [3.8, 4) is 0 Å². The highest BCUT2D eigenvalue weighted by Gasteiger charge is 2.21. The van der Waals surface area contributed by atoms with E-state index in [1.54, 1.807) is 11.0 Å². The molecule has 0 saturated carbocycles. The lowest BCUT2D eigenvalue weighted by molar-refractivity contribution is 0.0388. The van der Waals surface area contributed by atoms with Gasteiger partial charge in [0.2, 0.25) is 0 Å². The van der Waals surface area contributed by atoms with Crippen LogP contribution in [0.5, 0.6) is 0 Å². The van der Waals surface area contributed by atoms with Gasteiger partial charge in [0, 0.05) is 29.6 Å². The number of rotatable bonds is 3. The third-order valence-corrected chi connectivity index (χ3v) is 4.28. The quantitative estimate of drug-likeness (QED) is 0.853. The molecule has 0 spiro atoms. The highest BCUT2D eigenvalue weighted by Crippen LogP contribution is 2.22. The van der Waals surface area contributed by atoms with E-state index >= 15 is 0 Å². The molecule has 1 aliphatic rings. The lowest BCUT2D eigenvalue weighted by atomic mass is 10.0. The maximum atomic E-state index is 12.4. The number of carbonyl (C=O) groups is 1. The van der Waals surface area contributed by atoms with Crippen LogP contribution >= 0.6 is 28.6 Å². The number of ether oxygens (including phenoxy) is 1. The molecule has 0 bridgehead atoms. The molecule has 1 amide bonds. The fourth-order valence-electron chi connectivity index (χ4n) is 2.30. The summed E-state index contributed by atoms with van der Waals surface area (Å²) >= 11 is 7.70. The number of hydrogen-bond donors (Lipinski definition) is 1. The average molecular weight is 344 g/mol. The smallest absolute Gasteiger partial charge is 0.254 e. The van der Waals surface area contributed by atoms with E-state index in [0.29, 0.717) is 11.5 Å². The number of amides is 1. The first-order chi connectivity index (χ1) is 9.08. The summed E-state index contributed by atoms with van der Waals surface area (Å²) < 4.78 is 6.26. The zero-order valence-corrected chi connectivity index (χ0v) is 13.4. The van der Waals surface area contributed by atoms with Crippen molar-refractivity contribution in [3.05, 3.63) is 28.2 Å². The normalized spacial score (nSPS) is 19.2. The molecule has 2 rings (SSSR count). The van der Waals surface area contributed by atoms with Crippen LogP contribution in [0, 0.1) is 5.92 Å². The molecule has 3 nitrogen and oxygen atoms in total. The second-order valence-electron chi connectivity index (χ2n) is 4.93. The predicted molar refractivity (Wildman–Crippen MR) is 81.9 cm³/mol. The number of carbonyl (C=O) groups excluding carboxylic acids is 1. The zero-order chi connectivity index (χ0) is 13.8. The number of nitrogens with zero attached hydrogens (tertiary/aromatic N) is 1. The van der Waals surface area contributed by atoms with Gasteiger partial charge in [-0.25, -0.2) is 0 Å². The summed E-state index contributed by atoms with van der Waals surface area (Å²) in [5, 5.41) is 0. The summed E-state index contributed by atoms with van der Waals surface area (Å²) in [7, 11) is 1.84. The molecule has 0 aromatic heterocycles. The lowest BCUT2D eigenvalue weighted by Crippen LogP contribution is -2.35. The third kappa shape index (κ3) is 3.97. The van der Waals surface area contributed by atoms with Crippen LogP contribution in [0.3, 0.4) is 0 Å². The highest BCUT2D eigenvalue weighted by atomic mass is 79.9. The largest absolute Gasteiger partial charge is 0.381 e. The minimum atomic E-state index is 0.0216. The summed E-state index contributed by atoms with van der Waals surface area (Å²) in [5.41, 5.74) is 0.659. The molecule has 1 aromatic carbocycles. The van der Waals surface area contributed by atoms with Gasteiger partial charge in [-0.1, -0.05) is 0 Å². The van der Waals surface area contributed by atoms with Crippen LogP contribution in [-0.2, 0) is 4.74 Å². The Bertz CT molecular complexity index is 461. The molecule has 1 heterocycles. The SMILES string of the molecule is CN(CC1CCCOC1)C(=O)c1cc(S)ccc1Br. The minimum Gasteiger partial charge on any atom is -0.381 e. The van der Waals surface area contributed by atoms with Gasteiger partial charge in [-0.3, -0.25) is 4.79 Å². The van der Waals surface area contributed by atoms with Crippen molar-refractivity contribution >= 4 is 34.5 Å². The Labute approximate surface area is 127 Å². The van der Waals surface area contributed by atoms with Crippen molar-refractivity contribution in [2.75, 3.05) is 26.8 Å². The topological polar surface area (TPSA) is 29.5 Å². The van der Waals surface area contributed by atoms with Gasteiger partial charge in [0.1, 0.15) is 0 Å². The van der Waals surface area contributed by atoms with Crippen molar-refractivity contribution in [2.45, 2.75) is 17.7 Å².